The van der Waals surface area contributed by atoms with Crippen LogP contribution in [-0.4, -0.2) is 80.6 Å². The number of carbonyl (C=O) groups is 3. The van der Waals surface area contributed by atoms with E-state index in [0.717, 1.165) is 64.2 Å². The predicted octanol–water partition coefficient (Wildman–Crippen LogP) is 16.7. The van der Waals surface area contributed by atoms with E-state index in [1.165, 1.54) is 161 Å². The molecular formula is C59H108NO7+. The molecule has 0 saturated carbocycles. The molecule has 0 heterocycles. The molecule has 0 fully saturated rings. The molecule has 0 aliphatic heterocycles. The maximum absolute atomic E-state index is 12.8. The first-order chi connectivity index (χ1) is 32.6. The zero-order valence-electron chi connectivity index (χ0n) is 44.6. The fourth-order valence-corrected chi connectivity index (χ4v) is 8.40. The number of allylic oxidation sites excluding steroid dienone is 8. The third-order valence-corrected chi connectivity index (χ3v) is 12.7. The summed E-state index contributed by atoms with van der Waals surface area (Å²) in [6.45, 7) is 4.66. The van der Waals surface area contributed by atoms with Gasteiger partial charge >= 0.3 is 17.9 Å². The lowest BCUT2D eigenvalue weighted by Gasteiger charge is -2.31. The van der Waals surface area contributed by atoms with E-state index < -0.39 is 18.1 Å². The van der Waals surface area contributed by atoms with Gasteiger partial charge in [0.2, 0.25) is 0 Å². The fourth-order valence-electron chi connectivity index (χ4n) is 8.40. The molecule has 0 saturated heterocycles. The minimum Gasteiger partial charge on any atom is -0.477 e. The van der Waals surface area contributed by atoms with Gasteiger partial charge in [0.05, 0.1) is 34.4 Å². The molecule has 1 N–H and O–H groups in total. The van der Waals surface area contributed by atoms with E-state index in [-0.39, 0.29) is 36.2 Å². The summed E-state index contributed by atoms with van der Waals surface area (Å²) < 4.78 is 17.4. The van der Waals surface area contributed by atoms with Crippen molar-refractivity contribution in [1.82, 2.24) is 0 Å². The smallest absolute Gasteiger partial charge is 0.362 e. The third kappa shape index (κ3) is 48.1. The number of rotatable bonds is 51. The third-order valence-electron chi connectivity index (χ3n) is 12.7. The Morgan fingerprint density at radius 3 is 1.22 bits per heavy atom. The van der Waals surface area contributed by atoms with Crippen LogP contribution in [0.5, 0.6) is 0 Å². The van der Waals surface area contributed by atoms with E-state index in [0.29, 0.717) is 19.3 Å². The quantitative estimate of drug-likeness (QED) is 0.0281. The van der Waals surface area contributed by atoms with Crippen LogP contribution >= 0.6 is 0 Å². The average Bonchev–Trinajstić information content (AvgIpc) is 3.29. The Bertz CT molecular complexity index is 1230. The van der Waals surface area contributed by atoms with Gasteiger partial charge in [-0.05, 0) is 70.6 Å². The van der Waals surface area contributed by atoms with Crippen LogP contribution in [0.25, 0.3) is 0 Å². The van der Waals surface area contributed by atoms with Crippen molar-refractivity contribution in [2.24, 2.45) is 0 Å². The molecule has 0 bridgehead atoms. The molecule has 0 amide bonds. The van der Waals surface area contributed by atoms with E-state index >= 15 is 0 Å². The molecule has 2 unspecified atom stereocenters. The Balaban J connectivity index is 4.18. The van der Waals surface area contributed by atoms with Gasteiger partial charge in [0, 0.05) is 19.3 Å². The highest BCUT2D eigenvalue weighted by molar-refractivity contribution is 5.72. The van der Waals surface area contributed by atoms with Crippen molar-refractivity contribution in [2.45, 2.75) is 270 Å². The van der Waals surface area contributed by atoms with Gasteiger partial charge in [0.1, 0.15) is 6.61 Å². The van der Waals surface area contributed by atoms with Crippen LogP contribution in [0, 0.1) is 0 Å². The van der Waals surface area contributed by atoms with Gasteiger partial charge in [-0.2, -0.15) is 0 Å². The van der Waals surface area contributed by atoms with E-state index in [2.05, 4.69) is 62.5 Å². The Hall–Kier alpha value is -2.71. The Morgan fingerprint density at radius 2 is 0.836 bits per heavy atom. The van der Waals surface area contributed by atoms with Crippen molar-refractivity contribution in [3.63, 3.8) is 0 Å². The lowest BCUT2D eigenvalue weighted by atomic mass is 10.0. The Labute approximate surface area is 414 Å². The van der Waals surface area contributed by atoms with Crippen molar-refractivity contribution in [3.8, 4) is 0 Å². The number of quaternary nitrogens is 1. The molecule has 67 heavy (non-hydrogen) atoms. The highest BCUT2D eigenvalue weighted by Gasteiger charge is 2.31. The summed E-state index contributed by atoms with van der Waals surface area (Å²) in [6, 6.07) is -0.617. The van der Waals surface area contributed by atoms with Crippen LogP contribution in [0.3, 0.4) is 0 Å². The Morgan fingerprint density at radius 1 is 0.463 bits per heavy atom. The van der Waals surface area contributed by atoms with Gasteiger partial charge in [-0.3, -0.25) is 9.59 Å². The van der Waals surface area contributed by atoms with Crippen molar-refractivity contribution in [1.29, 1.82) is 0 Å². The van der Waals surface area contributed by atoms with Crippen molar-refractivity contribution >= 4 is 17.9 Å². The summed E-state index contributed by atoms with van der Waals surface area (Å²) >= 11 is 0. The number of esters is 2. The van der Waals surface area contributed by atoms with E-state index in [9.17, 15) is 19.5 Å². The number of unbranched alkanes of at least 4 members (excludes halogenated alkanes) is 29. The second kappa shape index (κ2) is 49.7. The molecule has 0 spiro atoms. The zero-order valence-corrected chi connectivity index (χ0v) is 44.6. The first-order valence-electron chi connectivity index (χ1n) is 28.2. The molecule has 0 aliphatic carbocycles. The summed E-state index contributed by atoms with van der Waals surface area (Å²) in [6.07, 6.45) is 61.7. The predicted molar refractivity (Wildman–Crippen MR) is 284 cm³/mol. The van der Waals surface area contributed by atoms with Crippen molar-refractivity contribution < 1.29 is 38.2 Å². The lowest BCUT2D eigenvalue weighted by Crippen LogP contribution is -2.50. The maximum Gasteiger partial charge on any atom is 0.362 e. The van der Waals surface area contributed by atoms with Gasteiger partial charge in [-0.15, -0.1) is 0 Å². The summed E-state index contributed by atoms with van der Waals surface area (Å²) in [5, 5.41) is 9.67. The molecular weight excluding hydrogens is 835 g/mol. The number of hydrogen-bond acceptors (Lipinski definition) is 6. The number of aliphatic carboxylic acids is 1. The highest BCUT2D eigenvalue weighted by Crippen LogP contribution is 2.16. The molecule has 0 aromatic heterocycles. The maximum atomic E-state index is 12.8. The average molecular weight is 944 g/mol. The topological polar surface area (TPSA) is 99.1 Å². The number of likely N-dealkylation sites (N-methyl/N-ethyl adjacent to an activating group) is 1. The number of carboxylic acids is 1. The van der Waals surface area contributed by atoms with Crippen LogP contribution in [0.2, 0.25) is 0 Å². The summed E-state index contributed by atoms with van der Waals surface area (Å²) in [5.41, 5.74) is 0. The van der Waals surface area contributed by atoms with E-state index in [4.69, 9.17) is 14.2 Å². The summed E-state index contributed by atoms with van der Waals surface area (Å²) in [7, 11) is 5.54. The second-order valence-electron chi connectivity index (χ2n) is 20.2. The fraction of sp³-hybridized carbons (Fsp3) is 0.814. The zero-order chi connectivity index (χ0) is 49.2. The van der Waals surface area contributed by atoms with Crippen LogP contribution in [0.15, 0.2) is 48.6 Å². The van der Waals surface area contributed by atoms with Gasteiger partial charge < -0.3 is 23.8 Å². The molecule has 0 radical (unpaired) electrons. The standard InChI is InChI=1S/C59H107NO7/c1-6-8-10-12-14-16-18-20-22-24-26-28-30-31-33-35-37-39-41-43-45-47-49-57(61)66-54-55(53-65-52-51-56(59(63)64)60(3,4)5)67-58(62)50-48-46-44-42-40-38-36-34-32-29-27-25-23-21-19-17-15-13-11-9-7-2/h9,11,15,17,24,26,30-31,55-56H,6-8,10,12-14,16,18-23,25,27-29,32-54H2,1-5H3/p+1/b11-9+,17-15+,26-24+,31-30+. The molecule has 8 heteroatoms. The summed E-state index contributed by atoms with van der Waals surface area (Å²) in [5.74, 6) is -1.46. The van der Waals surface area contributed by atoms with Gasteiger partial charge in [0.15, 0.2) is 12.1 Å². The van der Waals surface area contributed by atoms with Crippen LogP contribution in [0.4, 0.5) is 0 Å². The minimum absolute atomic E-state index is 0.0538. The highest BCUT2D eigenvalue weighted by atomic mass is 16.6. The molecule has 0 aliphatic rings. The molecule has 0 aromatic carbocycles. The number of carbonyl (C=O) groups excluding carboxylic acids is 2. The van der Waals surface area contributed by atoms with Crippen molar-refractivity contribution in [2.75, 3.05) is 41.0 Å². The number of nitrogens with zero attached hydrogens (tertiary/aromatic N) is 1. The molecule has 390 valence electrons. The first-order valence-corrected chi connectivity index (χ1v) is 28.2. The minimum atomic E-state index is -0.874. The largest absolute Gasteiger partial charge is 0.477 e. The SMILES string of the molecule is CC/C=C/C/C=C/CCCCCCCCCCCCCCCCC(=O)OC(COCCC(C(=O)O)[N+](C)(C)C)COC(=O)CCCCCCCCC/C=C/C/C=C/CCCCCCCCCC. The number of hydrogen-bond donors (Lipinski definition) is 1. The normalized spacial score (nSPS) is 13.1. The van der Waals surface area contributed by atoms with Gasteiger partial charge in [0.25, 0.3) is 0 Å². The summed E-state index contributed by atoms with van der Waals surface area (Å²) in [4.78, 5) is 37.3. The second-order valence-corrected chi connectivity index (χ2v) is 20.2. The molecule has 2 atom stereocenters. The van der Waals surface area contributed by atoms with Gasteiger partial charge in [-0.1, -0.05) is 217 Å². The first kappa shape index (κ1) is 64.3. The number of carboxylic acid groups (broad SMARTS) is 1. The number of ether oxygens (including phenoxy) is 3. The van der Waals surface area contributed by atoms with E-state index in [1.54, 1.807) is 0 Å². The molecule has 0 rings (SSSR count). The molecule has 0 aromatic rings. The van der Waals surface area contributed by atoms with Crippen molar-refractivity contribution in [3.05, 3.63) is 48.6 Å². The lowest BCUT2D eigenvalue weighted by molar-refractivity contribution is -0.887. The van der Waals surface area contributed by atoms with Crippen LogP contribution in [-0.2, 0) is 28.6 Å². The Kier molecular flexibility index (Phi) is 47.7. The van der Waals surface area contributed by atoms with Gasteiger partial charge in [-0.25, -0.2) is 4.79 Å². The molecule has 8 nitrogen and oxygen atoms in total. The van der Waals surface area contributed by atoms with Crippen LogP contribution in [0.1, 0.15) is 258 Å². The van der Waals surface area contributed by atoms with E-state index in [1.807, 2.05) is 21.1 Å². The van der Waals surface area contributed by atoms with Crippen LogP contribution < -0.4 is 0 Å². The monoisotopic (exact) mass is 943 g/mol.